The van der Waals surface area contributed by atoms with Crippen molar-refractivity contribution in [1.82, 2.24) is 5.16 Å². The predicted octanol–water partition coefficient (Wildman–Crippen LogP) is 4.97. The van der Waals surface area contributed by atoms with E-state index in [9.17, 15) is 0 Å². The zero-order chi connectivity index (χ0) is 13.2. The van der Waals surface area contributed by atoms with Crippen LogP contribution in [0.5, 0.6) is 0 Å². The van der Waals surface area contributed by atoms with E-state index in [2.05, 4.69) is 5.16 Å². The van der Waals surface area contributed by atoms with Crippen molar-refractivity contribution < 1.29 is 4.52 Å². The average molecular weight is 270 g/mol. The van der Waals surface area contributed by atoms with E-state index >= 15 is 0 Å². The highest BCUT2D eigenvalue weighted by molar-refractivity contribution is 6.30. The van der Waals surface area contributed by atoms with Crippen LogP contribution in [0.2, 0.25) is 5.02 Å². The highest BCUT2D eigenvalue weighted by Crippen LogP contribution is 2.34. The Bertz CT molecular complexity index is 704. The maximum absolute atomic E-state index is 6.04. The monoisotopic (exact) mass is 269 g/mol. The van der Waals surface area contributed by atoms with E-state index in [1.54, 1.807) is 0 Å². The molecule has 0 aliphatic rings. The first kappa shape index (κ1) is 12.0. The minimum atomic E-state index is 0.692. The van der Waals surface area contributed by atoms with E-state index in [-0.39, 0.29) is 0 Å². The molecule has 0 unspecified atom stereocenters. The van der Waals surface area contributed by atoms with Crippen LogP contribution in [-0.2, 0) is 0 Å². The van der Waals surface area contributed by atoms with E-state index in [1.165, 1.54) is 0 Å². The molecular formula is C16H12ClNO. The lowest BCUT2D eigenvalue weighted by Gasteiger charge is -2.03. The molecule has 3 rings (SSSR count). The Balaban J connectivity index is 2.19. The molecule has 94 valence electrons. The first-order chi connectivity index (χ1) is 9.25. The van der Waals surface area contributed by atoms with Crippen molar-refractivity contribution in [1.29, 1.82) is 0 Å². The van der Waals surface area contributed by atoms with Crippen molar-refractivity contribution in [3.05, 3.63) is 65.4 Å². The molecule has 0 aliphatic heterocycles. The van der Waals surface area contributed by atoms with Crippen molar-refractivity contribution in [2.24, 2.45) is 0 Å². The molecule has 0 saturated carbocycles. The summed E-state index contributed by atoms with van der Waals surface area (Å²) >= 11 is 6.04. The molecule has 0 aliphatic carbocycles. The van der Waals surface area contributed by atoms with Gasteiger partial charge in [-0.1, -0.05) is 59.2 Å². The number of hydrogen-bond acceptors (Lipinski definition) is 2. The molecule has 2 aromatic carbocycles. The van der Waals surface area contributed by atoms with Crippen LogP contribution in [0.1, 0.15) is 5.76 Å². The van der Waals surface area contributed by atoms with Gasteiger partial charge in [-0.05, 0) is 24.6 Å². The average Bonchev–Trinajstić information content (AvgIpc) is 2.82. The van der Waals surface area contributed by atoms with Crippen LogP contribution >= 0.6 is 11.6 Å². The lowest BCUT2D eigenvalue weighted by atomic mass is 10.00. The molecule has 0 bridgehead atoms. The van der Waals surface area contributed by atoms with Crippen LogP contribution in [0, 0.1) is 6.92 Å². The van der Waals surface area contributed by atoms with Crippen LogP contribution in [0.15, 0.2) is 59.1 Å². The van der Waals surface area contributed by atoms with Crippen LogP contribution in [0.4, 0.5) is 0 Å². The van der Waals surface area contributed by atoms with Gasteiger partial charge in [0.1, 0.15) is 11.5 Å². The minimum Gasteiger partial charge on any atom is -0.360 e. The molecule has 3 aromatic rings. The topological polar surface area (TPSA) is 26.0 Å². The maximum atomic E-state index is 6.04. The molecule has 2 nitrogen and oxygen atoms in total. The Hall–Kier alpha value is -2.06. The standard InChI is InChI=1S/C16H12ClNO/c1-11-15(12-6-3-2-4-7-12)16(18-19-11)13-8-5-9-14(17)10-13/h2-10H,1H3. The lowest BCUT2D eigenvalue weighted by Crippen LogP contribution is -1.83. The highest BCUT2D eigenvalue weighted by atomic mass is 35.5. The SMILES string of the molecule is Cc1onc(-c2cccc(Cl)c2)c1-c1ccccc1. The van der Waals surface area contributed by atoms with E-state index < -0.39 is 0 Å². The summed E-state index contributed by atoms with van der Waals surface area (Å²) in [7, 11) is 0. The molecule has 0 atom stereocenters. The number of nitrogens with zero attached hydrogens (tertiary/aromatic N) is 1. The van der Waals surface area contributed by atoms with Crippen LogP contribution in [0.25, 0.3) is 22.4 Å². The van der Waals surface area contributed by atoms with Gasteiger partial charge >= 0.3 is 0 Å². The fourth-order valence-corrected chi connectivity index (χ4v) is 2.34. The quantitative estimate of drug-likeness (QED) is 0.656. The van der Waals surface area contributed by atoms with Gasteiger partial charge < -0.3 is 4.52 Å². The van der Waals surface area contributed by atoms with Crippen molar-refractivity contribution in [3.63, 3.8) is 0 Å². The number of hydrogen-bond donors (Lipinski definition) is 0. The van der Waals surface area contributed by atoms with Crippen LogP contribution in [0.3, 0.4) is 0 Å². The molecule has 1 heterocycles. The zero-order valence-corrected chi connectivity index (χ0v) is 11.2. The Morgan fingerprint density at radius 3 is 2.42 bits per heavy atom. The van der Waals surface area contributed by atoms with Gasteiger partial charge in [0.05, 0.1) is 5.56 Å². The second-order valence-electron chi connectivity index (χ2n) is 4.34. The summed E-state index contributed by atoms with van der Waals surface area (Å²) in [5.74, 6) is 0.807. The molecule has 3 heteroatoms. The van der Waals surface area contributed by atoms with Gasteiger partial charge in [0.25, 0.3) is 0 Å². The van der Waals surface area contributed by atoms with Gasteiger partial charge in [-0.25, -0.2) is 0 Å². The number of rotatable bonds is 2. The van der Waals surface area contributed by atoms with Crippen molar-refractivity contribution in [3.8, 4) is 22.4 Å². The molecule has 0 amide bonds. The Morgan fingerprint density at radius 2 is 1.68 bits per heavy atom. The molecule has 0 radical (unpaired) electrons. The summed E-state index contributed by atoms with van der Waals surface area (Å²) in [6.07, 6.45) is 0. The summed E-state index contributed by atoms with van der Waals surface area (Å²) in [5, 5.41) is 4.86. The third kappa shape index (κ3) is 2.27. The van der Waals surface area contributed by atoms with Gasteiger partial charge in [-0.15, -0.1) is 0 Å². The summed E-state index contributed by atoms with van der Waals surface area (Å²) in [4.78, 5) is 0. The van der Waals surface area contributed by atoms with Gasteiger partial charge in [-0.3, -0.25) is 0 Å². The summed E-state index contributed by atoms with van der Waals surface area (Å²) < 4.78 is 5.35. The lowest BCUT2D eigenvalue weighted by molar-refractivity contribution is 0.400. The molecule has 0 saturated heterocycles. The van der Waals surface area contributed by atoms with Crippen LogP contribution < -0.4 is 0 Å². The Labute approximate surface area is 116 Å². The maximum Gasteiger partial charge on any atom is 0.142 e. The second kappa shape index (κ2) is 4.90. The summed E-state index contributed by atoms with van der Waals surface area (Å²) in [6.45, 7) is 1.92. The van der Waals surface area contributed by atoms with E-state index in [0.29, 0.717) is 5.02 Å². The number of benzene rings is 2. The third-order valence-corrected chi connectivity index (χ3v) is 3.26. The fraction of sp³-hybridized carbons (Fsp3) is 0.0625. The second-order valence-corrected chi connectivity index (χ2v) is 4.78. The zero-order valence-electron chi connectivity index (χ0n) is 10.4. The van der Waals surface area contributed by atoms with Crippen LogP contribution in [-0.4, -0.2) is 5.16 Å². The molecular weight excluding hydrogens is 258 g/mol. The van der Waals surface area contributed by atoms with Gasteiger partial charge in [0.15, 0.2) is 0 Å². The van der Waals surface area contributed by atoms with Gasteiger partial charge in [0, 0.05) is 10.6 Å². The van der Waals surface area contributed by atoms with Crippen molar-refractivity contribution >= 4 is 11.6 Å². The molecule has 0 spiro atoms. The molecule has 0 fully saturated rings. The Morgan fingerprint density at radius 1 is 0.947 bits per heavy atom. The largest absolute Gasteiger partial charge is 0.360 e. The van der Waals surface area contributed by atoms with Crippen molar-refractivity contribution in [2.75, 3.05) is 0 Å². The minimum absolute atomic E-state index is 0.692. The predicted molar refractivity (Wildman–Crippen MR) is 77.1 cm³/mol. The number of aromatic nitrogens is 1. The van der Waals surface area contributed by atoms with Gasteiger partial charge in [0.2, 0.25) is 0 Å². The summed E-state index contributed by atoms with van der Waals surface area (Å²) in [6, 6.07) is 17.7. The first-order valence-electron chi connectivity index (χ1n) is 6.03. The molecule has 1 aromatic heterocycles. The fourth-order valence-electron chi connectivity index (χ4n) is 2.15. The molecule has 0 N–H and O–H groups in total. The Kier molecular flexibility index (Phi) is 3.10. The van der Waals surface area contributed by atoms with Gasteiger partial charge in [-0.2, -0.15) is 0 Å². The summed E-state index contributed by atoms with van der Waals surface area (Å²) in [5.41, 5.74) is 3.90. The smallest absolute Gasteiger partial charge is 0.142 e. The van der Waals surface area contributed by atoms with Crippen molar-refractivity contribution in [2.45, 2.75) is 6.92 Å². The van der Waals surface area contributed by atoms with E-state index in [0.717, 1.165) is 28.1 Å². The first-order valence-corrected chi connectivity index (χ1v) is 6.41. The van der Waals surface area contributed by atoms with E-state index in [4.69, 9.17) is 16.1 Å². The normalized spacial score (nSPS) is 10.6. The highest BCUT2D eigenvalue weighted by Gasteiger charge is 2.16. The van der Waals surface area contributed by atoms with E-state index in [1.807, 2.05) is 61.5 Å². The number of aryl methyl sites for hydroxylation is 1. The third-order valence-electron chi connectivity index (χ3n) is 3.02. The number of halogens is 1. The molecule has 19 heavy (non-hydrogen) atoms.